The van der Waals surface area contributed by atoms with E-state index in [1.165, 1.54) is 9.80 Å². The molecule has 2 heterocycles. The summed E-state index contributed by atoms with van der Waals surface area (Å²) in [5.74, 6) is -6.54. The van der Waals surface area contributed by atoms with Gasteiger partial charge in [-0.3, -0.25) is 33.6 Å². The standard InChI is InChI=1S/C36H62N8O10/c1-7-20(5)28(35(52)44-16-10-12-26(44)33(50)42-29(36(53)54)21(6)8-2)41-32(49)25-11-9-15-43(25)34(51)23(13-14-27(38)46)39-31(48)24(18-45)40-30(47)22(37)17-19(3)4/h19-26,28-29,45H,7-18,37H2,1-6H3,(H2,38,46)(H,39,48)(H,40,47)(H,41,49)(H,42,50)(H,53,54)/t20-,21-,22-,23-,24-,25-,26-,28-,29-/m0/s1. The SMILES string of the molecule is CC[C@H](C)[C@H](NC(=O)[C@@H]1CCCN1C(=O)[C@@H](NC(=O)[C@@H]1CCCN1C(=O)[C@H](CCC(N)=O)NC(=O)[C@H](CO)NC(=O)[C@@H](N)CC(C)C)[C@@H](C)CC)C(=O)O. The number of aliphatic carboxylic acids is 1. The normalized spacial score (nSPS) is 20.9. The molecule has 18 nitrogen and oxygen atoms in total. The van der Waals surface area contributed by atoms with Gasteiger partial charge in [0.25, 0.3) is 0 Å². The van der Waals surface area contributed by atoms with E-state index in [9.17, 15) is 48.6 Å². The monoisotopic (exact) mass is 766 g/mol. The van der Waals surface area contributed by atoms with E-state index in [1.807, 2.05) is 27.7 Å². The zero-order chi connectivity index (χ0) is 40.9. The van der Waals surface area contributed by atoms with Crippen molar-refractivity contribution in [3.05, 3.63) is 0 Å². The molecule has 2 fully saturated rings. The van der Waals surface area contributed by atoms with E-state index in [0.717, 1.165) is 0 Å². The van der Waals surface area contributed by atoms with Crippen molar-refractivity contribution in [2.45, 2.75) is 142 Å². The van der Waals surface area contributed by atoms with Crippen LogP contribution >= 0.6 is 0 Å². The van der Waals surface area contributed by atoms with Crippen LogP contribution in [-0.4, -0.2) is 129 Å². The van der Waals surface area contributed by atoms with Crippen LogP contribution in [0.4, 0.5) is 0 Å². The van der Waals surface area contributed by atoms with Gasteiger partial charge in [0.2, 0.25) is 41.4 Å². The highest BCUT2D eigenvalue weighted by Gasteiger charge is 2.43. The molecule has 2 rings (SSSR count). The van der Waals surface area contributed by atoms with E-state index in [2.05, 4.69) is 21.3 Å². The number of rotatable bonds is 21. The number of nitrogens with zero attached hydrogens (tertiary/aromatic N) is 2. The molecule has 0 aromatic heterocycles. The van der Waals surface area contributed by atoms with E-state index >= 15 is 0 Å². The Hall–Kier alpha value is -4.32. The van der Waals surface area contributed by atoms with Crippen LogP contribution < -0.4 is 32.7 Å². The van der Waals surface area contributed by atoms with Crippen LogP contribution in [0.2, 0.25) is 0 Å². The zero-order valence-corrected chi connectivity index (χ0v) is 32.5. The maximum atomic E-state index is 14.1. The van der Waals surface area contributed by atoms with Crippen LogP contribution in [0.25, 0.3) is 0 Å². The smallest absolute Gasteiger partial charge is 0.326 e. The summed E-state index contributed by atoms with van der Waals surface area (Å²) in [5, 5.41) is 29.9. The quantitative estimate of drug-likeness (QED) is 0.0681. The number of hydrogen-bond donors (Lipinski definition) is 8. The van der Waals surface area contributed by atoms with Gasteiger partial charge >= 0.3 is 5.97 Å². The van der Waals surface area contributed by atoms with E-state index in [0.29, 0.717) is 38.5 Å². The lowest BCUT2D eigenvalue weighted by molar-refractivity contribution is -0.147. The summed E-state index contributed by atoms with van der Waals surface area (Å²) in [6.45, 7) is 10.4. The van der Waals surface area contributed by atoms with Crippen molar-refractivity contribution in [1.29, 1.82) is 0 Å². The summed E-state index contributed by atoms with van der Waals surface area (Å²) in [5.41, 5.74) is 11.3. The fourth-order valence-electron chi connectivity index (χ4n) is 6.75. The predicted molar refractivity (Wildman–Crippen MR) is 197 cm³/mol. The van der Waals surface area contributed by atoms with Crippen LogP contribution in [0, 0.1) is 17.8 Å². The molecule has 7 amide bonds. The number of nitrogens with one attached hydrogen (secondary N) is 4. The molecule has 0 radical (unpaired) electrons. The number of nitrogens with two attached hydrogens (primary N) is 2. The minimum atomic E-state index is -1.46. The van der Waals surface area contributed by atoms with Gasteiger partial charge in [-0.15, -0.1) is 0 Å². The van der Waals surface area contributed by atoms with Crippen molar-refractivity contribution in [1.82, 2.24) is 31.1 Å². The Morgan fingerprint density at radius 1 is 0.722 bits per heavy atom. The second kappa shape index (κ2) is 21.5. The van der Waals surface area contributed by atoms with Crippen LogP contribution in [-0.2, 0) is 38.4 Å². The highest BCUT2D eigenvalue weighted by molar-refractivity contribution is 5.97. The lowest BCUT2D eigenvalue weighted by atomic mass is 9.96. The highest BCUT2D eigenvalue weighted by Crippen LogP contribution is 2.24. The second-order valence-electron chi connectivity index (χ2n) is 15.0. The van der Waals surface area contributed by atoms with E-state index in [4.69, 9.17) is 11.5 Å². The Balaban J connectivity index is 2.26. The maximum Gasteiger partial charge on any atom is 0.326 e. The van der Waals surface area contributed by atoms with Gasteiger partial charge in [-0.25, -0.2) is 4.79 Å². The zero-order valence-electron chi connectivity index (χ0n) is 32.5. The first-order chi connectivity index (χ1) is 25.4. The number of carboxylic acids is 1. The molecule has 18 heteroatoms. The summed E-state index contributed by atoms with van der Waals surface area (Å²) in [7, 11) is 0. The van der Waals surface area contributed by atoms with E-state index in [-0.39, 0.29) is 50.1 Å². The Morgan fingerprint density at radius 2 is 1.20 bits per heavy atom. The number of primary amides is 1. The summed E-state index contributed by atoms with van der Waals surface area (Å²) < 4.78 is 0. The van der Waals surface area contributed by atoms with Gasteiger partial charge in [0.1, 0.15) is 36.3 Å². The number of likely N-dealkylation sites (tertiary alicyclic amines) is 2. The van der Waals surface area contributed by atoms with Gasteiger partial charge in [-0.2, -0.15) is 0 Å². The molecule has 0 aromatic carbocycles. The van der Waals surface area contributed by atoms with Gasteiger partial charge in [0.15, 0.2) is 0 Å². The average Bonchev–Trinajstić information content (AvgIpc) is 3.82. The first kappa shape index (κ1) is 45.8. The molecule has 306 valence electrons. The molecule has 10 N–H and O–H groups in total. The number of aliphatic hydroxyl groups excluding tert-OH is 1. The topological polar surface area (TPSA) is 284 Å². The molecular weight excluding hydrogens is 704 g/mol. The minimum absolute atomic E-state index is 0.0867. The first-order valence-corrected chi connectivity index (χ1v) is 19.1. The number of carboxylic acid groups (broad SMARTS) is 1. The lowest BCUT2D eigenvalue weighted by Crippen LogP contribution is -2.60. The molecule has 0 aliphatic carbocycles. The van der Waals surface area contributed by atoms with Gasteiger partial charge in [0, 0.05) is 19.5 Å². The minimum Gasteiger partial charge on any atom is -0.480 e. The molecule has 0 bridgehead atoms. The van der Waals surface area contributed by atoms with E-state index in [1.54, 1.807) is 13.8 Å². The third-order valence-corrected chi connectivity index (χ3v) is 10.4. The van der Waals surface area contributed by atoms with Gasteiger partial charge < -0.3 is 52.7 Å². The van der Waals surface area contributed by atoms with Crippen molar-refractivity contribution in [3.63, 3.8) is 0 Å². The largest absolute Gasteiger partial charge is 0.480 e. The predicted octanol–water partition coefficient (Wildman–Crippen LogP) is -1.28. The Bertz CT molecular complexity index is 1360. The fourth-order valence-corrected chi connectivity index (χ4v) is 6.75. The lowest BCUT2D eigenvalue weighted by Gasteiger charge is -2.34. The summed E-state index contributed by atoms with van der Waals surface area (Å²) in [4.78, 5) is 107. The molecule has 0 unspecified atom stereocenters. The molecule has 2 aliphatic heterocycles. The number of carbonyl (C=O) groups is 8. The van der Waals surface area contributed by atoms with Gasteiger partial charge in [-0.1, -0.05) is 54.4 Å². The van der Waals surface area contributed by atoms with Gasteiger partial charge in [-0.05, 0) is 56.3 Å². The molecule has 0 aromatic rings. The molecule has 0 spiro atoms. The number of carbonyl (C=O) groups excluding carboxylic acids is 7. The van der Waals surface area contributed by atoms with Crippen molar-refractivity contribution < 1.29 is 48.6 Å². The van der Waals surface area contributed by atoms with E-state index < -0.39 is 96.2 Å². The fraction of sp³-hybridized carbons (Fsp3) is 0.778. The number of amides is 7. The number of hydrogen-bond acceptors (Lipinski definition) is 10. The average molecular weight is 767 g/mol. The van der Waals surface area contributed by atoms with Crippen molar-refractivity contribution in [2.24, 2.45) is 29.2 Å². The Labute approximate surface area is 317 Å². The van der Waals surface area contributed by atoms with Crippen LogP contribution in [0.15, 0.2) is 0 Å². The Kier molecular flexibility index (Phi) is 18.3. The second-order valence-corrected chi connectivity index (χ2v) is 15.0. The summed E-state index contributed by atoms with van der Waals surface area (Å²) in [6, 6.07) is -7.92. The molecule has 2 aliphatic rings. The Morgan fingerprint density at radius 3 is 1.67 bits per heavy atom. The summed E-state index contributed by atoms with van der Waals surface area (Å²) in [6.07, 6.45) is 2.28. The van der Waals surface area contributed by atoms with Gasteiger partial charge in [0.05, 0.1) is 12.6 Å². The first-order valence-electron chi connectivity index (χ1n) is 19.1. The molecule has 9 atom stereocenters. The van der Waals surface area contributed by atoms with Crippen LogP contribution in [0.3, 0.4) is 0 Å². The van der Waals surface area contributed by atoms with Crippen molar-refractivity contribution >= 4 is 47.3 Å². The van der Waals surface area contributed by atoms with Crippen LogP contribution in [0.5, 0.6) is 0 Å². The highest BCUT2D eigenvalue weighted by atomic mass is 16.4. The molecular formula is C36H62N8O10. The van der Waals surface area contributed by atoms with Crippen molar-refractivity contribution in [2.75, 3.05) is 19.7 Å². The van der Waals surface area contributed by atoms with Crippen molar-refractivity contribution in [3.8, 4) is 0 Å². The number of aliphatic hydroxyl groups is 1. The molecule has 54 heavy (non-hydrogen) atoms. The van der Waals surface area contributed by atoms with Crippen LogP contribution in [0.1, 0.15) is 99.3 Å². The third kappa shape index (κ3) is 12.6. The molecule has 0 saturated carbocycles. The molecule has 2 saturated heterocycles. The maximum absolute atomic E-state index is 14.1. The third-order valence-electron chi connectivity index (χ3n) is 10.4. The summed E-state index contributed by atoms with van der Waals surface area (Å²) >= 11 is 0.